The zero-order valence-electron chi connectivity index (χ0n) is 13.3. The summed E-state index contributed by atoms with van der Waals surface area (Å²) in [6.07, 6.45) is 3.83. The molecule has 2 aromatic rings. The first kappa shape index (κ1) is 17.4. The molecule has 0 fully saturated rings. The lowest BCUT2D eigenvalue weighted by Crippen LogP contribution is -2.07. The third kappa shape index (κ3) is 4.79. The molecular formula is C16H16N4O3S. The van der Waals surface area contributed by atoms with Gasteiger partial charge in [-0.2, -0.15) is 5.26 Å². The second kappa shape index (κ2) is 8.64. The quantitative estimate of drug-likeness (QED) is 0.776. The molecular weight excluding hydrogens is 328 g/mol. The van der Waals surface area contributed by atoms with Crippen LogP contribution in [-0.4, -0.2) is 29.8 Å². The van der Waals surface area contributed by atoms with Crippen molar-refractivity contribution in [3.8, 4) is 17.6 Å². The van der Waals surface area contributed by atoms with E-state index in [4.69, 9.17) is 14.7 Å². The number of nitriles is 1. The van der Waals surface area contributed by atoms with Crippen LogP contribution in [0.4, 0.5) is 5.13 Å². The van der Waals surface area contributed by atoms with E-state index in [2.05, 4.69) is 15.5 Å². The molecule has 7 nitrogen and oxygen atoms in total. The van der Waals surface area contributed by atoms with E-state index in [1.54, 1.807) is 24.3 Å². The molecule has 0 saturated carbocycles. The summed E-state index contributed by atoms with van der Waals surface area (Å²) in [5.41, 5.74) is 0.762. The average molecular weight is 344 g/mol. The SMILES string of the molecule is CCc1nnc(NC(=O)C=Cc2ccc(OCC#N)c(OC)c2)s1. The molecule has 0 aliphatic rings. The van der Waals surface area contributed by atoms with Gasteiger partial charge in [0.1, 0.15) is 11.1 Å². The zero-order chi connectivity index (χ0) is 17.4. The van der Waals surface area contributed by atoms with Crippen molar-refractivity contribution in [3.63, 3.8) is 0 Å². The Kier molecular flexibility index (Phi) is 6.28. The first-order valence-electron chi connectivity index (χ1n) is 7.15. The molecule has 1 N–H and O–H groups in total. The van der Waals surface area contributed by atoms with Gasteiger partial charge in [0.2, 0.25) is 11.0 Å². The number of hydrogen-bond acceptors (Lipinski definition) is 7. The van der Waals surface area contributed by atoms with Gasteiger partial charge in [-0.05, 0) is 30.2 Å². The van der Waals surface area contributed by atoms with Crippen LogP contribution in [0.3, 0.4) is 0 Å². The lowest BCUT2D eigenvalue weighted by molar-refractivity contribution is -0.111. The maximum absolute atomic E-state index is 11.9. The van der Waals surface area contributed by atoms with E-state index < -0.39 is 0 Å². The molecule has 0 spiro atoms. The van der Waals surface area contributed by atoms with Crippen molar-refractivity contribution in [2.75, 3.05) is 19.0 Å². The summed E-state index contributed by atoms with van der Waals surface area (Å²) in [7, 11) is 1.51. The molecule has 2 rings (SSSR count). The first-order valence-corrected chi connectivity index (χ1v) is 7.97. The number of amides is 1. The molecule has 124 valence electrons. The second-order valence-electron chi connectivity index (χ2n) is 4.53. The Morgan fingerprint density at radius 3 is 2.92 bits per heavy atom. The van der Waals surface area contributed by atoms with Crippen LogP contribution in [0.2, 0.25) is 0 Å². The summed E-state index contributed by atoms with van der Waals surface area (Å²) >= 11 is 1.35. The highest BCUT2D eigenvalue weighted by Crippen LogP contribution is 2.28. The van der Waals surface area contributed by atoms with Gasteiger partial charge >= 0.3 is 0 Å². The van der Waals surface area contributed by atoms with Crippen LogP contribution < -0.4 is 14.8 Å². The minimum atomic E-state index is -0.294. The van der Waals surface area contributed by atoms with Gasteiger partial charge < -0.3 is 9.47 Å². The number of nitrogens with zero attached hydrogens (tertiary/aromatic N) is 3. The summed E-state index contributed by atoms with van der Waals surface area (Å²) in [6.45, 7) is 1.92. The van der Waals surface area contributed by atoms with Crippen molar-refractivity contribution in [3.05, 3.63) is 34.8 Å². The molecule has 0 saturated heterocycles. The van der Waals surface area contributed by atoms with E-state index in [-0.39, 0.29) is 12.5 Å². The molecule has 1 heterocycles. The number of carbonyl (C=O) groups excluding carboxylic acids is 1. The van der Waals surface area contributed by atoms with Gasteiger partial charge in [0.25, 0.3) is 0 Å². The monoisotopic (exact) mass is 344 g/mol. The van der Waals surface area contributed by atoms with E-state index in [9.17, 15) is 4.79 Å². The summed E-state index contributed by atoms with van der Waals surface area (Å²) in [6, 6.07) is 7.06. The van der Waals surface area contributed by atoms with Crippen molar-refractivity contribution in [2.24, 2.45) is 0 Å². The van der Waals surface area contributed by atoms with Gasteiger partial charge in [-0.25, -0.2) is 0 Å². The van der Waals surface area contributed by atoms with Crippen LogP contribution in [0.25, 0.3) is 6.08 Å². The minimum absolute atomic E-state index is 0.0600. The van der Waals surface area contributed by atoms with E-state index in [1.807, 2.05) is 13.0 Å². The maximum Gasteiger partial charge on any atom is 0.250 e. The summed E-state index contributed by atoms with van der Waals surface area (Å²) < 4.78 is 10.5. The van der Waals surface area contributed by atoms with Crippen molar-refractivity contribution in [2.45, 2.75) is 13.3 Å². The molecule has 1 aromatic heterocycles. The average Bonchev–Trinajstić information content (AvgIpc) is 3.05. The Morgan fingerprint density at radius 2 is 2.25 bits per heavy atom. The van der Waals surface area contributed by atoms with Gasteiger partial charge in [-0.1, -0.05) is 24.3 Å². The minimum Gasteiger partial charge on any atom is -0.493 e. The third-order valence-corrected chi connectivity index (χ3v) is 3.89. The smallest absolute Gasteiger partial charge is 0.250 e. The summed E-state index contributed by atoms with van der Waals surface area (Å²) in [5, 5.41) is 20.4. The predicted octanol–water partition coefficient (Wildman–Crippen LogP) is 2.66. The molecule has 24 heavy (non-hydrogen) atoms. The predicted molar refractivity (Wildman–Crippen MR) is 91.1 cm³/mol. The van der Waals surface area contributed by atoms with Gasteiger partial charge in [-0.3, -0.25) is 10.1 Å². The zero-order valence-corrected chi connectivity index (χ0v) is 14.1. The fourth-order valence-corrected chi connectivity index (χ4v) is 2.47. The van der Waals surface area contributed by atoms with Gasteiger partial charge in [0.15, 0.2) is 18.1 Å². The molecule has 8 heteroatoms. The molecule has 1 amide bonds. The highest BCUT2D eigenvalue weighted by atomic mass is 32.1. The van der Waals surface area contributed by atoms with Gasteiger partial charge in [0, 0.05) is 6.08 Å². The standard InChI is InChI=1S/C16H16N4O3S/c1-3-15-19-20-16(24-15)18-14(21)7-5-11-4-6-12(23-9-8-17)13(10-11)22-2/h4-7,10H,3,9H2,1-2H3,(H,18,20,21). The Morgan fingerprint density at radius 1 is 1.42 bits per heavy atom. The Hall–Kier alpha value is -2.92. The number of anilines is 1. The lowest BCUT2D eigenvalue weighted by atomic mass is 10.2. The fourth-order valence-electron chi connectivity index (χ4n) is 1.78. The van der Waals surface area contributed by atoms with Crippen molar-refractivity contribution >= 4 is 28.5 Å². The number of nitrogens with one attached hydrogen (secondary N) is 1. The normalized spacial score (nSPS) is 10.4. The van der Waals surface area contributed by atoms with E-state index >= 15 is 0 Å². The number of benzene rings is 1. The Bertz CT molecular complexity index is 780. The highest BCUT2D eigenvalue weighted by Gasteiger charge is 2.06. The van der Waals surface area contributed by atoms with Crippen LogP contribution in [-0.2, 0) is 11.2 Å². The molecule has 1 aromatic carbocycles. The number of rotatable bonds is 7. The summed E-state index contributed by atoms with van der Waals surface area (Å²) in [5.74, 6) is 0.670. The Balaban J connectivity index is 2.02. The molecule has 0 atom stereocenters. The molecule has 0 aliphatic heterocycles. The summed E-state index contributed by atoms with van der Waals surface area (Å²) in [4.78, 5) is 11.9. The van der Waals surface area contributed by atoms with Crippen LogP contribution >= 0.6 is 11.3 Å². The topological polar surface area (TPSA) is 97.1 Å². The second-order valence-corrected chi connectivity index (χ2v) is 5.60. The molecule has 0 radical (unpaired) electrons. The van der Waals surface area contributed by atoms with E-state index in [1.165, 1.54) is 24.5 Å². The molecule has 0 unspecified atom stereocenters. The molecule has 0 aliphatic carbocycles. The largest absolute Gasteiger partial charge is 0.493 e. The van der Waals surface area contributed by atoms with Crippen LogP contribution in [0.5, 0.6) is 11.5 Å². The van der Waals surface area contributed by atoms with Crippen molar-refractivity contribution in [1.82, 2.24) is 10.2 Å². The van der Waals surface area contributed by atoms with Gasteiger partial charge in [-0.15, -0.1) is 10.2 Å². The lowest BCUT2D eigenvalue weighted by Gasteiger charge is -2.08. The fraction of sp³-hybridized carbons (Fsp3) is 0.250. The van der Waals surface area contributed by atoms with Crippen LogP contribution in [0, 0.1) is 11.3 Å². The van der Waals surface area contributed by atoms with E-state index in [0.29, 0.717) is 16.6 Å². The number of methoxy groups -OCH3 is 1. The van der Waals surface area contributed by atoms with Crippen LogP contribution in [0.1, 0.15) is 17.5 Å². The van der Waals surface area contributed by atoms with E-state index in [0.717, 1.165) is 17.0 Å². The molecule has 0 bridgehead atoms. The van der Waals surface area contributed by atoms with Crippen molar-refractivity contribution < 1.29 is 14.3 Å². The number of carbonyl (C=O) groups is 1. The first-order chi connectivity index (χ1) is 11.7. The Labute approximate surface area is 143 Å². The van der Waals surface area contributed by atoms with Crippen LogP contribution in [0.15, 0.2) is 24.3 Å². The van der Waals surface area contributed by atoms with Crippen molar-refractivity contribution in [1.29, 1.82) is 5.26 Å². The number of aryl methyl sites for hydroxylation is 1. The maximum atomic E-state index is 11.9. The third-order valence-electron chi connectivity index (χ3n) is 2.91. The number of ether oxygens (including phenoxy) is 2. The number of aromatic nitrogens is 2. The van der Waals surface area contributed by atoms with Gasteiger partial charge in [0.05, 0.1) is 7.11 Å². The number of hydrogen-bond donors (Lipinski definition) is 1. The highest BCUT2D eigenvalue weighted by molar-refractivity contribution is 7.15.